The number of nitrogens with zero attached hydrogens (tertiary/aromatic N) is 2. The van der Waals surface area contributed by atoms with Gasteiger partial charge < -0.3 is 10.6 Å². The van der Waals surface area contributed by atoms with Gasteiger partial charge in [0.1, 0.15) is 0 Å². The van der Waals surface area contributed by atoms with E-state index < -0.39 is 0 Å². The molecule has 1 heterocycles. The van der Waals surface area contributed by atoms with Crippen LogP contribution in [-0.4, -0.2) is 48.9 Å². The molecule has 2 bridgehead atoms. The van der Waals surface area contributed by atoms with Gasteiger partial charge in [0.15, 0.2) is 5.96 Å². The Morgan fingerprint density at radius 2 is 1.83 bits per heavy atom. The molecule has 2 fully saturated rings. The van der Waals surface area contributed by atoms with Gasteiger partial charge in [0.05, 0.1) is 11.8 Å². The number of guanidine groups is 1. The third-order valence-corrected chi connectivity index (χ3v) is 6.96. The van der Waals surface area contributed by atoms with Crippen LogP contribution in [0.15, 0.2) is 41.4 Å². The number of carbonyl (C=O) groups is 2. The average Bonchev–Trinajstić information content (AvgIpc) is 3.38. The van der Waals surface area contributed by atoms with Gasteiger partial charge in [0, 0.05) is 32.1 Å². The number of hydrogen-bond donors (Lipinski definition) is 2. The number of amides is 2. The van der Waals surface area contributed by atoms with Crippen molar-refractivity contribution in [2.24, 2.45) is 28.7 Å². The Labute approximate surface area is 171 Å². The molecule has 1 saturated heterocycles. The Morgan fingerprint density at radius 3 is 2.52 bits per heavy atom. The van der Waals surface area contributed by atoms with Crippen molar-refractivity contribution in [3.8, 4) is 0 Å². The van der Waals surface area contributed by atoms with E-state index in [1.165, 1.54) is 16.0 Å². The van der Waals surface area contributed by atoms with E-state index in [0.29, 0.717) is 19.0 Å². The molecule has 6 heteroatoms. The summed E-state index contributed by atoms with van der Waals surface area (Å²) in [6.07, 6.45) is 6.32. The molecule has 5 rings (SSSR count). The number of likely N-dealkylation sites (tertiary alicyclic amines) is 1. The highest BCUT2D eigenvalue weighted by Gasteiger charge is 2.58. The van der Waals surface area contributed by atoms with E-state index >= 15 is 0 Å². The van der Waals surface area contributed by atoms with Crippen LogP contribution in [0.1, 0.15) is 30.4 Å². The highest BCUT2D eigenvalue weighted by atomic mass is 16.2. The Bertz CT molecular complexity index is 863. The summed E-state index contributed by atoms with van der Waals surface area (Å²) in [6, 6.07) is 8.53. The molecule has 1 aliphatic heterocycles. The average molecular weight is 393 g/mol. The number of carbonyl (C=O) groups excluding carboxylic acids is 2. The number of hydrogen-bond acceptors (Lipinski definition) is 3. The number of benzene rings is 1. The zero-order valence-corrected chi connectivity index (χ0v) is 16.8. The van der Waals surface area contributed by atoms with Crippen molar-refractivity contribution < 1.29 is 9.59 Å². The summed E-state index contributed by atoms with van der Waals surface area (Å²) >= 11 is 0. The summed E-state index contributed by atoms with van der Waals surface area (Å²) in [6.45, 7) is 4.47. The molecule has 2 N–H and O–H groups in total. The van der Waals surface area contributed by atoms with Gasteiger partial charge in [-0.3, -0.25) is 19.5 Å². The fourth-order valence-electron chi connectivity index (χ4n) is 5.54. The minimum Gasteiger partial charge on any atom is -0.357 e. The van der Waals surface area contributed by atoms with Crippen LogP contribution in [0.4, 0.5) is 0 Å². The summed E-state index contributed by atoms with van der Waals surface area (Å²) in [5.41, 5.74) is 2.82. The monoisotopic (exact) mass is 392 g/mol. The minimum atomic E-state index is -0.113. The number of imide groups is 1. The van der Waals surface area contributed by atoms with Crippen molar-refractivity contribution in [2.45, 2.75) is 25.7 Å². The van der Waals surface area contributed by atoms with Gasteiger partial charge in [-0.1, -0.05) is 36.4 Å². The van der Waals surface area contributed by atoms with E-state index in [2.05, 4.69) is 47.1 Å². The molecule has 1 saturated carbocycles. The lowest BCUT2D eigenvalue weighted by molar-refractivity contribution is -0.140. The lowest BCUT2D eigenvalue weighted by Gasteiger charge is -2.29. The second-order valence-electron chi connectivity index (χ2n) is 8.57. The molecule has 2 amide bonds. The lowest BCUT2D eigenvalue weighted by atomic mass is 9.78. The molecule has 4 aliphatic rings. The van der Waals surface area contributed by atoms with Gasteiger partial charge in [0.2, 0.25) is 11.8 Å². The van der Waals surface area contributed by atoms with E-state index in [9.17, 15) is 9.59 Å². The first-order valence-corrected chi connectivity index (χ1v) is 10.8. The molecule has 0 aromatic heterocycles. The number of fused-ring (bicyclic) bond motifs is 6. The third-order valence-electron chi connectivity index (χ3n) is 6.96. The van der Waals surface area contributed by atoms with Crippen LogP contribution in [0.25, 0.3) is 0 Å². The first-order chi connectivity index (χ1) is 14.2. The Hall–Kier alpha value is -2.63. The van der Waals surface area contributed by atoms with E-state index in [1.54, 1.807) is 0 Å². The minimum absolute atomic E-state index is 0.0201. The van der Waals surface area contributed by atoms with E-state index in [4.69, 9.17) is 4.99 Å². The smallest absolute Gasteiger partial charge is 0.233 e. The molecule has 152 valence electrons. The summed E-state index contributed by atoms with van der Waals surface area (Å²) in [4.78, 5) is 31.7. The van der Waals surface area contributed by atoms with Gasteiger partial charge in [-0.25, -0.2) is 0 Å². The zero-order chi connectivity index (χ0) is 20.0. The second kappa shape index (κ2) is 7.32. The predicted molar refractivity (Wildman–Crippen MR) is 111 cm³/mol. The van der Waals surface area contributed by atoms with Crippen LogP contribution in [-0.2, 0) is 16.0 Å². The summed E-state index contributed by atoms with van der Waals surface area (Å²) in [7, 11) is 0. The maximum Gasteiger partial charge on any atom is 0.233 e. The number of aliphatic imine (C=N–C) groups is 1. The summed E-state index contributed by atoms with van der Waals surface area (Å²) in [5.74, 6) is 1.57. The van der Waals surface area contributed by atoms with E-state index in [0.717, 1.165) is 31.9 Å². The van der Waals surface area contributed by atoms with Crippen molar-refractivity contribution in [3.05, 3.63) is 47.5 Å². The molecule has 5 unspecified atom stereocenters. The van der Waals surface area contributed by atoms with Crippen molar-refractivity contribution in [2.75, 3.05) is 26.2 Å². The zero-order valence-electron chi connectivity index (χ0n) is 16.8. The molecule has 6 nitrogen and oxygen atoms in total. The lowest BCUT2D eigenvalue weighted by Crippen LogP contribution is -2.44. The Kier molecular flexibility index (Phi) is 4.64. The fraction of sp³-hybridized carbons (Fsp3) is 0.522. The molecule has 1 aromatic carbocycles. The molecule has 5 atom stereocenters. The first-order valence-electron chi connectivity index (χ1n) is 10.8. The van der Waals surface area contributed by atoms with Gasteiger partial charge in [-0.05, 0) is 42.7 Å². The third kappa shape index (κ3) is 3.05. The van der Waals surface area contributed by atoms with Crippen LogP contribution < -0.4 is 10.6 Å². The number of rotatable bonds is 6. The highest BCUT2D eigenvalue weighted by Crippen LogP contribution is 2.52. The summed E-state index contributed by atoms with van der Waals surface area (Å²) < 4.78 is 0. The van der Waals surface area contributed by atoms with Crippen LogP contribution in [0.3, 0.4) is 0 Å². The van der Waals surface area contributed by atoms with E-state index in [-0.39, 0.29) is 35.5 Å². The van der Waals surface area contributed by atoms with E-state index in [1.807, 2.05) is 6.92 Å². The molecule has 29 heavy (non-hydrogen) atoms. The fourth-order valence-corrected chi connectivity index (χ4v) is 5.54. The van der Waals surface area contributed by atoms with Crippen molar-refractivity contribution in [1.29, 1.82) is 0 Å². The molecule has 0 radical (unpaired) electrons. The quantitative estimate of drug-likeness (QED) is 0.334. The van der Waals surface area contributed by atoms with Gasteiger partial charge >= 0.3 is 0 Å². The van der Waals surface area contributed by atoms with Crippen LogP contribution in [0.2, 0.25) is 0 Å². The molecule has 1 aromatic rings. The van der Waals surface area contributed by atoms with Crippen molar-refractivity contribution in [3.63, 3.8) is 0 Å². The predicted octanol–water partition coefficient (Wildman–Crippen LogP) is 1.69. The van der Waals surface area contributed by atoms with Crippen LogP contribution >= 0.6 is 0 Å². The van der Waals surface area contributed by atoms with Crippen LogP contribution in [0, 0.1) is 23.7 Å². The maximum atomic E-state index is 12.8. The van der Waals surface area contributed by atoms with Crippen LogP contribution in [0.5, 0.6) is 0 Å². The number of allylic oxidation sites excluding steroid dienone is 2. The largest absolute Gasteiger partial charge is 0.357 e. The van der Waals surface area contributed by atoms with Crippen molar-refractivity contribution in [1.82, 2.24) is 15.5 Å². The molecular weight excluding hydrogens is 364 g/mol. The molecule has 0 spiro atoms. The van der Waals surface area contributed by atoms with Gasteiger partial charge in [-0.2, -0.15) is 0 Å². The standard InChI is InChI=1S/C23H28N4O2/c1-2-24-23(26-13-17-11-14-5-3-4-6-18(14)17)25-9-10-27-21(28)19-15-7-8-16(12-15)20(19)22(27)29/h3-8,15-17,19-20H,2,9-13H2,1H3,(H2,24,25,26). The molecule has 3 aliphatic carbocycles. The summed E-state index contributed by atoms with van der Waals surface area (Å²) in [5, 5.41) is 6.56. The normalized spacial score (nSPS) is 31.7. The maximum absolute atomic E-state index is 12.8. The highest BCUT2D eigenvalue weighted by molar-refractivity contribution is 6.06. The Morgan fingerprint density at radius 1 is 1.10 bits per heavy atom. The van der Waals surface area contributed by atoms with Gasteiger partial charge in [0.25, 0.3) is 0 Å². The van der Waals surface area contributed by atoms with Crippen molar-refractivity contribution >= 4 is 17.8 Å². The number of nitrogens with one attached hydrogen (secondary N) is 2. The second-order valence-corrected chi connectivity index (χ2v) is 8.57. The first kappa shape index (κ1) is 18.4. The SMILES string of the molecule is CCNC(=NCC1Cc2ccccc21)NCCN1C(=O)C2C3C=CC(C3)C2C1=O. The molecular formula is C23H28N4O2. The van der Waals surface area contributed by atoms with Gasteiger partial charge in [-0.15, -0.1) is 0 Å². The Balaban J connectivity index is 1.16. The topological polar surface area (TPSA) is 73.8 Å².